The third-order valence-electron chi connectivity index (χ3n) is 5.30. The van der Waals surface area contributed by atoms with Gasteiger partial charge in [-0.05, 0) is 37.5 Å². The van der Waals surface area contributed by atoms with Crippen molar-refractivity contribution in [3.8, 4) is 22.6 Å². The van der Waals surface area contributed by atoms with E-state index in [4.69, 9.17) is 4.74 Å². The molecule has 154 valence electrons. The van der Waals surface area contributed by atoms with Crippen molar-refractivity contribution >= 4 is 11.7 Å². The van der Waals surface area contributed by atoms with Crippen molar-refractivity contribution in [2.45, 2.75) is 39.3 Å². The van der Waals surface area contributed by atoms with E-state index in [1.807, 2.05) is 48.5 Å². The summed E-state index contributed by atoms with van der Waals surface area (Å²) in [5, 5.41) is 7.81. The van der Waals surface area contributed by atoms with Crippen molar-refractivity contribution in [1.29, 1.82) is 0 Å². The van der Waals surface area contributed by atoms with Crippen LogP contribution in [0, 0.1) is 0 Å². The Morgan fingerprint density at radius 2 is 1.87 bits per heavy atom. The number of esters is 1. The molecule has 4 rings (SSSR count). The number of hydrogen-bond acceptors (Lipinski definition) is 6. The maximum atomic E-state index is 12.9. The van der Waals surface area contributed by atoms with Crippen LogP contribution in [-0.2, 0) is 15.2 Å². The van der Waals surface area contributed by atoms with E-state index >= 15 is 0 Å². The highest BCUT2D eigenvalue weighted by Crippen LogP contribution is 2.37. The smallest absolute Gasteiger partial charge is 0.354 e. The highest BCUT2D eigenvalue weighted by atomic mass is 16.5. The second kappa shape index (κ2) is 7.40. The lowest BCUT2D eigenvalue weighted by atomic mass is 10.0. The number of fused-ring (bicyclic) bond motifs is 3. The lowest BCUT2D eigenvalue weighted by Gasteiger charge is -2.36. The second-order valence-corrected chi connectivity index (χ2v) is 7.74. The summed E-state index contributed by atoms with van der Waals surface area (Å²) in [7, 11) is 0. The fourth-order valence-corrected chi connectivity index (χ4v) is 3.59. The Bertz CT molecular complexity index is 1170. The Morgan fingerprint density at radius 1 is 1.17 bits per heavy atom. The number of nitrogens with one attached hydrogen (secondary N) is 1. The fourth-order valence-electron chi connectivity index (χ4n) is 3.59. The molecule has 0 saturated carbocycles. The molecule has 0 radical (unpaired) electrons. The molecule has 7 nitrogen and oxygen atoms in total. The van der Waals surface area contributed by atoms with Crippen LogP contribution in [0.2, 0.25) is 0 Å². The van der Waals surface area contributed by atoms with E-state index < -0.39 is 17.2 Å². The number of aromatic nitrogens is 3. The first-order valence-electron chi connectivity index (χ1n) is 10.0. The van der Waals surface area contributed by atoms with Gasteiger partial charge in [-0.15, -0.1) is 0 Å². The summed E-state index contributed by atoms with van der Waals surface area (Å²) >= 11 is 0. The summed E-state index contributed by atoms with van der Waals surface area (Å²) in [5.41, 5.74) is 1.61. The number of nitrogens with zero attached hydrogens (tertiary/aromatic N) is 3. The van der Waals surface area contributed by atoms with Crippen molar-refractivity contribution in [1.82, 2.24) is 14.8 Å². The van der Waals surface area contributed by atoms with Crippen LogP contribution < -0.4 is 10.9 Å². The molecule has 2 aromatic carbocycles. The van der Waals surface area contributed by atoms with Crippen LogP contribution in [0.5, 0.6) is 0 Å². The van der Waals surface area contributed by atoms with Gasteiger partial charge in [0.15, 0.2) is 11.5 Å². The highest BCUT2D eigenvalue weighted by molar-refractivity contribution is 5.88. The van der Waals surface area contributed by atoms with Gasteiger partial charge in [-0.1, -0.05) is 50.2 Å². The standard InChI is InChI=1S/C23H24N4O3/c1-5-30-22(29)23(4)25-18-9-7-6-8-17(18)20-24-21(28)19(26-27(20)23)16-12-10-15(11-13-16)14(2)3/h6-14,25H,5H2,1-4H3/t23-/m1/s1. The number of anilines is 1. The van der Waals surface area contributed by atoms with E-state index in [1.54, 1.807) is 13.8 Å². The normalized spacial score (nSPS) is 17.1. The van der Waals surface area contributed by atoms with Crippen LogP contribution in [0.1, 0.15) is 39.2 Å². The number of carbonyl (C=O) groups is 1. The number of para-hydroxylation sites is 1. The van der Waals surface area contributed by atoms with Crippen LogP contribution in [0.15, 0.2) is 53.3 Å². The van der Waals surface area contributed by atoms with Gasteiger partial charge in [0.2, 0.25) is 5.66 Å². The zero-order valence-corrected chi connectivity index (χ0v) is 17.5. The molecule has 1 atom stereocenters. The van der Waals surface area contributed by atoms with Gasteiger partial charge in [-0.3, -0.25) is 4.79 Å². The number of ether oxygens (including phenoxy) is 1. The van der Waals surface area contributed by atoms with E-state index in [0.717, 1.165) is 5.56 Å². The quantitative estimate of drug-likeness (QED) is 0.667. The first kappa shape index (κ1) is 19.8. The van der Waals surface area contributed by atoms with Crippen molar-refractivity contribution < 1.29 is 9.53 Å². The lowest BCUT2D eigenvalue weighted by Crippen LogP contribution is -2.51. The molecular formula is C23H24N4O3. The molecule has 1 aromatic heterocycles. The van der Waals surface area contributed by atoms with Gasteiger partial charge in [0.25, 0.3) is 5.56 Å². The summed E-state index contributed by atoms with van der Waals surface area (Å²) < 4.78 is 6.76. The molecule has 30 heavy (non-hydrogen) atoms. The van der Waals surface area contributed by atoms with E-state index in [2.05, 4.69) is 29.2 Å². The van der Waals surface area contributed by atoms with Gasteiger partial charge < -0.3 is 10.1 Å². The van der Waals surface area contributed by atoms with Crippen LogP contribution >= 0.6 is 0 Å². The van der Waals surface area contributed by atoms with Crippen LogP contribution in [0.25, 0.3) is 22.6 Å². The monoisotopic (exact) mass is 404 g/mol. The molecule has 0 bridgehead atoms. The van der Waals surface area contributed by atoms with Crippen molar-refractivity contribution in [2.24, 2.45) is 0 Å². The Kier molecular flexibility index (Phi) is 4.89. The predicted octanol–water partition coefficient (Wildman–Crippen LogP) is 3.76. The third-order valence-corrected chi connectivity index (χ3v) is 5.30. The average molecular weight is 404 g/mol. The van der Waals surface area contributed by atoms with Crippen LogP contribution in [0.4, 0.5) is 5.69 Å². The summed E-state index contributed by atoms with van der Waals surface area (Å²) in [5.74, 6) is 0.204. The third kappa shape index (κ3) is 3.16. The Hall–Kier alpha value is -3.48. The summed E-state index contributed by atoms with van der Waals surface area (Å²) in [6.45, 7) is 7.87. The lowest BCUT2D eigenvalue weighted by molar-refractivity contribution is -0.152. The molecule has 0 amide bonds. The summed E-state index contributed by atoms with van der Waals surface area (Å²) in [6.07, 6.45) is 0. The Balaban J connectivity index is 1.93. The van der Waals surface area contributed by atoms with Gasteiger partial charge in [-0.2, -0.15) is 10.1 Å². The summed E-state index contributed by atoms with van der Waals surface area (Å²) in [6, 6.07) is 15.0. The fraction of sp³-hybridized carbons (Fsp3) is 0.304. The molecule has 1 aliphatic rings. The maximum absolute atomic E-state index is 12.9. The first-order valence-corrected chi connectivity index (χ1v) is 10.0. The van der Waals surface area contributed by atoms with Gasteiger partial charge >= 0.3 is 5.97 Å². The van der Waals surface area contributed by atoms with Crippen molar-refractivity contribution in [3.63, 3.8) is 0 Å². The van der Waals surface area contributed by atoms with Crippen LogP contribution in [-0.4, -0.2) is 27.3 Å². The first-order chi connectivity index (χ1) is 14.3. The molecule has 0 saturated heterocycles. The SMILES string of the molecule is CCOC(=O)[C@]1(C)Nc2ccccc2-c2nc(=O)c(-c3ccc(C(C)C)cc3)nn21. The zero-order chi connectivity index (χ0) is 21.5. The number of rotatable bonds is 4. The van der Waals surface area contributed by atoms with Crippen LogP contribution in [0.3, 0.4) is 0 Å². The van der Waals surface area contributed by atoms with E-state index in [-0.39, 0.29) is 12.3 Å². The molecule has 1 aliphatic heterocycles. The highest BCUT2D eigenvalue weighted by Gasteiger charge is 2.44. The maximum Gasteiger partial charge on any atom is 0.354 e. The number of carbonyl (C=O) groups excluding carboxylic acids is 1. The largest absolute Gasteiger partial charge is 0.463 e. The molecular weight excluding hydrogens is 380 g/mol. The van der Waals surface area contributed by atoms with Crippen molar-refractivity contribution in [2.75, 3.05) is 11.9 Å². The molecule has 0 unspecified atom stereocenters. The predicted molar refractivity (Wildman–Crippen MR) is 115 cm³/mol. The Labute approximate surface area is 174 Å². The zero-order valence-electron chi connectivity index (χ0n) is 17.5. The van der Waals surface area contributed by atoms with Gasteiger partial charge in [0, 0.05) is 16.8 Å². The molecule has 0 fully saturated rings. The minimum absolute atomic E-state index is 0.186. The van der Waals surface area contributed by atoms with E-state index in [0.29, 0.717) is 28.6 Å². The Morgan fingerprint density at radius 3 is 2.53 bits per heavy atom. The van der Waals surface area contributed by atoms with Gasteiger partial charge in [-0.25, -0.2) is 9.48 Å². The minimum Gasteiger partial charge on any atom is -0.463 e. The molecule has 1 N–H and O–H groups in total. The average Bonchev–Trinajstić information content (AvgIpc) is 2.74. The molecule has 7 heteroatoms. The topological polar surface area (TPSA) is 86.1 Å². The molecule has 2 heterocycles. The molecule has 0 aliphatic carbocycles. The van der Waals surface area contributed by atoms with Gasteiger partial charge in [0.05, 0.1) is 6.61 Å². The molecule has 3 aromatic rings. The minimum atomic E-state index is -1.34. The van der Waals surface area contributed by atoms with E-state index in [1.165, 1.54) is 4.68 Å². The second-order valence-electron chi connectivity index (χ2n) is 7.74. The summed E-state index contributed by atoms with van der Waals surface area (Å²) in [4.78, 5) is 30.1. The van der Waals surface area contributed by atoms with Gasteiger partial charge in [0.1, 0.15) is 0 Å². The number of benzene rings is 2. The van der Waals surface area contributed by atoms with E-state index in [9.17, 15) is 9.59 Å². The van der Waals surface area contributed by atoms with Crippen molar-refractivity contribution in [3.05, 3.63) is 64.4 Å². The molecule has 0 spiro atoms. The number of hydrogen-bond donors (Lipinski definition) is 1.